The topological polar surface area (TPSA) is 155 Å². The van der Waals surface area contributed by atoms with Crippen LogP contribution < -0.4 is 10.6 Å². The maximum atomic E-state index is 13.0. The SMILES string of the molecule is Cc1nn(Cc2cccc(C(=O)Nc3cnn(C)c3C(=O)Nc3cnn(C)c3C)c2)c(C)c1[N+](=O)[O-]. The molecule has 0 bridgehead atoms. The van der Waals surface area contributed by atoms with Crippen molar-refractivity contribution in [2.24, 2.45) is 14.1 Å². The van der Waals surface area contributed by atoms with Crippen molar-refractivity contribution < 1.29 is 14.5 Å². The van der Waals surface area contributed by atoms with Crippen molar-refractivity contribution in [2.45, 2.75) is 27.3 Å². The zero-order valence-corrected chi connectivity index (χ0v) is 20.4. The number of aromatic nitrogens is 6. The summed E-state index contributed by atoms with van der Waals surface area (Å²) in [5.74, 6) is -0.878. The van der Waals surface area contributed by atoms with Gasteiger partial charge in [0.1, 0.15) is 17.1 Å². The maximum Gasteiger partial charge on any atom is 0.312 e. The van der Waals surface area contributed by atoms with Crippen LogP contribution in [0.4, 0.5) is 17.1 Å². The molecular formula is C23H25N9O4. The van der Waals surface area contributed by atoms with Crippen molar-refractivity contribution in [1.82, 2.24) is 29.3 Å². The number of hydrogen-bond donors (Lipinski definition) is 2. The van der Waals surface area contributed by atoms with Crippen molar-refractivity contribution in [3.8, 4) is 0 Å². The van der Waals surface area contributed by atoms with Gasteiger partial charge in [-0.05, 0) is 38.5 Å². The lowest BCUT2D eigenvalue weighted by molar-refractivity contribution is -0.386. The van der Waals surface area contributed by atoms with Crippen molar-refractivity contribution in [2.75, 3.05) is 10.6 Å². The van der Waals surface area contributed by atoms with Crippen molar-refractivity contribution in [3.63, 3.8) is 0 Å². The summed E-state index contributed by atoms with van der Waals surface area (Å²) in [5, 5.41) is 29.3. The summed E-state index contributed by atoms with van der Waals surface area (Å²) in [7, 11) is 3.37. The molecule has 0 aliphatic rings. The van der Waals surface area contributed by atoms with Crippen molar-refractivity contribution in [1.29, 1.82) is 0 Å². The van der Waals surface area contributed by atoms with E-state index in [-0.39, 0.29) is 23.6 Å². The van der Waals surface area contributed by atoms with Crippen LogP contribution in [0, 0.1) is 30.9 Å². The zero-order valence-electron chi connectivity index (χ0n) is 20.4. The number of aryl methyl sites for hydroxylation is 3. The summed E-state index contributed by atoms with van der Waals surface area (Å²) >= 11 is 0. The Kier molecular flexibility index (Phi) is 6.38. The highest BCUT2D eigenvalue weighted by atomic mass is 16.6. The van der Waals surface area contributed by atoms with Gasteiger partial charge in [-0.1, -0.05) is 12.1 Å². The molecule has 0 fully saturated rings. The summed E-state index contributed by atoms with van der Waals surface area (Å²) in [5.41, 5.74) is 3.59. The van der Waals surface area contributed by atoms with E-state index in [1.165, 1.54) is 15.6 Å². The molecule has 0 saturated heterocycles. The van der Waals surface area contributed by atoms with E-state index >= 15 is 0 Å². The van der Waals surface area contributed by atoms with Crippen LogP contribution in [0.2, 0.25) is 0 Å². The van der Waals surface area contributed by atoms with Gasteiger partial charge in [0.25, 0.3) is 11.8 Å². The molecule has 2 amide bonds. The zero-order chi connectivity index (χ0) is 26.1. The molecule has 13 heteroatoms. The lowest BCUT2D eigenvalue weighted by Crippen LogP contribution is -2.20. The molecule has 186 valence electrons. The fraction of sp³-hybridized carbons (Fsp3) is 0.261. The standard InChI is InChI=1S/C23H25N9O4/c1-13-20(32(35)36)15(3)31(28-13)12-16-7-6-8-17(9-16)22(33)27-19-11-25-30(5)21(19)23(34)26-18-10-24-29(4)14(18)2/h6-11H,12H2,1-5H3,(H,26,34)(H,27,33). The predicted molar refractivity (Wildman–Crippen MR) is 131 cm³/mol. The number of nitrogens with zero attached hydrogens (tertiary/aromatic N) is 7. The third-order valence-corrected chi connectivity index (χ3v) is 5.93. The number of benzene rings is 1. The average molecular weight is 492 g/mol. The van der Waals surface area contributed by atoms with Gasteiger partial charge in [0.2, 0.25) is 0 Å². The molecule has 4 rings (SSSR count). The molecule has 36 heavy (non-hydrogen) atoms. The highest BCUT2D eigenvalue weighted by Gasteiger charge is 2.23. The Hall–Kier alpha value is -4.81. The normalized spacial score (nSPS) is 10.9. The van der Waals surface area contributed by atoms with Crippen molar-refractivity contribution >= 4 is 28.9 Å². The van der Waals surface area contributed by atoms with E-state index < -0.39 is 16.7 Å². The monoisotopic (exact) mass is 491 g/mol. The third-order valence-electron chi connectivity index (χ3n) is 5.93. The van der Waals surface area contributed by atoms with E-state index in [1.807, 2.05) is 6.92 Å². The summed E-state index contributed by atoms with van der Waals surface area (Å²) in [4.78, 5) is 36.8. The second kappa shape index (κ2) is 9.44. The number of hydrogen-bond acceptors (Lipinski definition) is 7. The third kappa shape index (κ3) is 4.58. The smallest absolute Gasteiger partial charge is 0.312 e. The number of rotatable bonds is 7. The molecule has 0 aliphatic carbocycles. The molecular weight excluding hydrogens is 466 g/mol. The number of nitro groups is 1. The van der Waals surface area contributed by atoms with Crippen LogP contribution in [-0.2, 0) is 20.6 Å². The van der Waals surface area contributed by atoms with E-state index in [1.54, 1.807) is 63.1 Å². The Morgan fingerprint density at radius 1 is 0.972 bits per heavy atom. The Labute approximate surface area is 205 Å². The van der Waals surface area contributed by atoms with E-state index in [4.69, 9.17) is 0 Å². The average Bonchev–Trinajstić information content (AvgIpc) is 3.44. The number of nitrogens with one attached hydrogen (secondary N) is 2. The molecule has 2 N–H and O–H groups in total. The van der Waals surface area contributed by atoms with Gasteiger partial charge >= 0.3 is 5.69 Å². The Morgan fingerprint density at radius 2 is 1.64 bits per heavy atom. The Balaban J connectivity index is 1.53. The highest BCUT2D eigenvalue weighted by molar-refractivity contribution is 6.11. The van der Waals surface area contributed by atoms with Gasteiger partial charge in [0.05, 0.1) is 40.9 Å². The first kappa shape index (κ1) is 24.3. The molecule has 13 nitrogen and oxygen atoms in total. The molecule has 3 aromatic heterocycles. The van der Waals surface area contributed by atoms with Gasteiger partial charge in [0, 0.05) is 19.7 Å². The van der Waals surface area contributed by atoms with Crippen LogP contribution in [0.25, 0.3) is 0 Å². The fourth-order valence-electron chi connectivity index (χ4n) is 3.89. The molecule has 0 atom stereocenters. The summed E-state index contributed by atoms with van der Waals surface area (Å²) in [6, 6.07) is 6.83. The van der Waals surface area contributed by atoms with Crippen LogP contribution in [0.1, 0.15) is 43.5 Å². The fourth-order valence-corrected chi connectivity index (χ4v) is 3.89. The minimum atomic E-state index is -0.449. The van der Waals surface area contributed by atoms with E-state index in [2.05, 4.69) is 25.9 Å². The second-order valence-corrected chi connectivity index (χ2v) is 8.34. The summed E-state index contributed by atoms with van der Waals surface area (Å²) in [6.45, 7) is 5.30. The first-order valence-electron chi connectivity index (χ1n) is 11.0. The van der Waals surface area contributed by atoms with Crippen LogP contribution in [0.3, 0.4) is 0 Å². The van der Waals surface area contributed by atoms with Crippen LogP contribution in [0.15, 0.2) is 36.7 Å². The van der Waals surface area contributed by atoms with Crippen LogP contribution >= 0.6 is 0 Å². The first-order valence-corrected chi connectivity index (χ1v) is 11.0. The van der Waals surface area contributed by atoms with E-state index in [9.17, 15) is 19.7 Å². The second-order valence-electron chi connectivity index (χ2n) is 8.34. The summed E-state index contributed by atoms with van der Waals surface area (Å²) in [6.07, 6.45) is 2.95. The lowest BCUT2D eigenvalue weighted by Gasteiger charge is -2.10. The largest absolute Gasteiger partial charge is 0.319 e. The quantitative estimate of drug-likeness (QED) is 0.297. The molecule has 0 spiro atoms. The maximum absolute atomic E-state index is 13.0. The van der Waals surface area contributed by atoms with Crippen LogP contribution in [-0.4, -0.2) is 46.1 Å². The number of carbonyl (C=O) groups is 2. The van der Waals surface area contributed by atoms with E-state index in [0.717, 1.165) is 11.3 Å². The highest BCUT2D eigenvalue weighted by Crippen LogP contribution is 2.23. The first-order chi connectivity index (χ1) is 17.1. The van der Waals surface area contributed by atoms with Gasteiger partial charge in [-0.3, -0.25) is 33.7 Å². The molecule has 4 aromatic rings. The minimum Gasteiger partial charge on any atom is -0.319 e. The van der Waals surface area contributed by atoms with Gasteiger partial charge in [-0.15, -0.1) is 0 Å². The molecule has 1 aromatic carbocycles. The van der Waals surface area contributed by atoms with Crippen molar-refractivity contribution in [3.05, 3.63) is 80.7 Å². The van der Waals surface area contributed by atoms with E-state index in [0.29, 0.717) is 22.6 Å². The number of anilines is 2. The molecule has 0 aliphatic heterocycles. The van der Waals surface area contributed by atoms with Gasteiger partial charge < -0.3 is 10.6 Å². The predicted octanol–water partition coefficient (Wildman–Crippen LogP) is 2.74. The molecule has 0 unspecified atom stereocenters. The molecule has 0 radical (unpaired) electrons. The van der Waals surface area contributed by atoms with Gasteiger partial charge in [-0.2, -0.15) is 15.3 Å². The number of amides is 2. The Morgan fingerprint density at radius 3 is 2.28 bits per heavy atom. The van der Waals surface area contributed by atoms with Gasteiger partial charge in [0.15, 0.2) is 0 Å². The van der Waals surface area contributed by atoms with Gasteiger partial charge in [-0.25, -0.2) is 0 Å². The lowest BCUT2D eigenvalue weighted by atomic mass is 10.1. The Bertz CT molecular complexity index is 1500. The minimum absolute atomic E-state index is 0.0206. The molecule has 0 saturated carbocycles. The summed E-state index contributed by atoms with van der Waals surface area (Å²) < 4.78 is 4.55. The van der Waals surface area contributed by atoms with Crippen LogP contribution in [0.5, 0.6) is 0 Å². The number of carbonyl (C=O) groups excluding carboxylic acids is 2. The molecule has 3 heterocycles.